The Morgan fingerprint density at radius 1 is 1.53 bits per heavy atom. The number of rotatable bonds is 2. The zero-order valence-corrected chi connectivity index (χ0v) is 9.48. The average Bonchev–Trinajstić information content (AvgIpc) is 2.39. The number of nitrogens with two attached hydrogens (primary N) is 1. The second-order valence-corrected chi connectivity index (χ2v) is 4.03. The molecule has 2 rings (SSSR count). The van der Waals surface area contributed by atoms with E-state index in [9.17, 15) is 9.59 Å². The summed E-state index contributed by atoms with van der Waals surface area (Å²) in [5.74, 6) is -0.0850. The normalized spacial score (nSPS) is 20.3. The van der Waals surface area contributed by atoms with Crippen molar-refractivity contribution in [3.63, 3.8) is 0 Å². The highest BCUT2D eigenvalue weighted by molar-refractivity contribution is 5.94. The van der Waals surface area contributed by atoms with Crippen molar-refractivity contribution in [2.45, 2.75) is 6.04 Å². The Bertz CT molecular complexity index is 437. The molecule has 1 aromatic rings. The summed E-state index contributed by atoms with van der Waals surface area (Å²) in [6.45, 7) is 2.55. The van der Waals surface area contributed by atoms with Crippen molar-refractivity contribution in [3.8, 4) is 0 Å². The number of nitrogens with one attached hydrogen (secondary N) is 2. The molecule has 6 nitrogen and oxygen atoms in total. The summed E-state index contributed by atoms with van der Waals surface area (Å²) in [5, 5.41) is 3.20. The monoisotopic (exact) mass is 236 g/mol. The first-order valence-corrected chi connectivity index (χ1v) is 5.63. The lowest BCUT2D eigenvalue weighted by Crippen LogP contribution is -2.56. The van der Waals surface area contributed by atoms with Crippen LogP contribution in [0.2, 0.25) is 0 Å². The molecule has 1 unspecified atom stereocenters. The Morgan fingerprint density at radius 3 is 3.00 bits per heavy atom. The summed E-state index contributed by atoms with van der Waals surface area (Å²) >= 11 is 0. The van der Waals surface area contributed by atoms with Crippen LogP contribution in [0.1, 0.15) is 10.4 Å². The van der Waals surface area contributed by atoms with Gasteiger partial charge in [0.15, 0.2) is 0 Å². The molecule has 1 atom stereocenters. The second-order valence-electron chi connectivity index (χ2n) is 4.03. The number of carbonyl (C=O) groups is 1. The van der Waals surface area contributed by atoms with Gasteiger partial charge in [0.2, 0.25) is 5.56 Å². The van der Waals surface area contributed by atoms with Gasteiger partial charge in [0.05, 0.1) is 11.6 Å². The number of amides is 1. The van der Waals surface area contributed by atoms with E-state index in [2.05, 4.69) is 10.3 Å². The molecule has 0 aliphatic carbocycles. The summed E-state index contributed by atoms with van der Waals surface area (Å²) in [5.41, 5.74) is 5.92. The quantitative estimate of drug-likeness (QED) is 0.598. The molecule has 1 aromatic heterocycles. The topological polar surface area (TPSA) is 91.2 Å². The van der Waals surface area contributed by atoms with Crippen LogP contribution in [-0.4, -0.2) is 48.0 Å². The maximum Gasteiger partial charge on any atom is 0.255 e. The van der Waals surface area contributed by atoms with Crippen LogP contribution >= 0.6 is 0 Å². The number of aromatic nitrogens is 1. The van der Waals surface area contributed by atoms with Gasteiger partial charge in [-0.25, -0.2) is 0 Å². The third-order valence-corrected chi connectivity index (χ3v) is 2.91. The summed E-state index contributed by atoms with van der Waals surface area (Å²) in [6, 6.07) is 2.91. The third-order valence-electron chi connectivity index (χ3n) is 2.91. The van der Waals surface area contributed by atoms with Crippen LogP contribution in [0.25, 0.3) is 0 Å². The van der Waals surface area contributed by atoms with Crippen LogP contribution in [0.3, 0.4) is 0 Å². The first-order chi connectivity index (χ1) is 8.22. The Kier molecular flexibility index (Phi) is 3.55. The lowest BCUT2D eigenvalue weighted by atomic mass is 10.1. The van der Waals surface area contributed by atoms with Crippen LogP contribution < -0.4 is 16.6 Å². The van der Waals surface area contributed by atoms with Crippen molar-refractivity contribution < 1.29 is 4.79 Å². The number of carbonyl (C=O) groups excluding carboxylic acids is 1. The summed E-state index contributed by atoms with van der Waals surface area (Å²) in [4.78, 5) is 27.4. The molecular formula is C11H16N4O2. The van der Waals surface area contributed by atoms with E-state index < -0.39 is 0 Å². The molecule has 0 spiro atoms. The number of nitrogens with zero attached hydrogens (tertiary/aromatic N) is 1. The van der Waals surface area contributed by atoms with Gasteiger partial charge >= 0.3 is 0 Å². The van der Waals surface area contributed by atoms with E-state index in [4.69, 9.17) is 5.73 Å². The van der Waals surface area contributed by atoms with Crippen molar-refractivity contribution in [2.75, 3.05) is 26.2 Å². The maximum absolute atomic E-state index is 12.2. The summed E-state index contributed by atoms with van der Waals surface area (Å²) in [6.07, 6.45) is 1.44. The Morgan fingerprint density at radius 2 is 2.35 bits per heavy atom. The van der Waals surface area contributed by atoms with Crippen molar-refractivity contribution in [3.05, 3.63) is 34.2 Å². The fourth-order valence-electron chi connectivity index (χ4n) is 1.95. The molecule has 1 saturated heterocycles. The molecule has 0 radical (unpaired) electrons. The van der Waals surface area contributed by atoms with E-state index in [0.717, 1.165) is 6.54 Å². The van der Waals surface area contributed by atoms with Gasteiger partial charge in [0.1, 0.15) is 0 Å². The molecule has 92 valence electrons. The third kappa shape index (κ3) is 2.54. The van der Waals surface area contributed by atoms with Crippen LogP contribution in [0.4, 0.5) is 0 Å². The zero-order chi connectivity index (χ0) is 12.3. The van der Waals surface area contributed by atoms with E-state index in [-0.39, 0.29) is 17.5 Å². The predicted molar refractivity (Wildman–Crippen MR) is 63.8 cm³/mol. The van der Waals surface area contributed by atoms with Gasteiger partial charge in [0, 0.05) is 38.4 Å². The molecular weight excluding hydrogens is 220 g/mol. The fourth-order valence-corrected chi connectivity index (χ4v) is 1.95. The minimum Gasteiger partial charge on any atom is -0.332 e. The van der Waals surface area contributed by atoms with E-state index in [1.54, 1.807) is 4.90 Å². The van der Waals surface area contributed by atoms with E-state index >= 15 is 0 Å². The zero-order valence-electron chi connectivity index (χ0n) is 9.48. The second kappa shape index (κ2) is 5.11. The van der Waals surface area contributed by atoms with Gasteiger partial charge in [0.25, 0.3) is 5.91 Å². The minimum absolute atomic E-state index is 0.0168. The number of pyridine rings is 1. The molecule has 0 bridgehead atoms. The Balaban J connectivity index is 2.18. The van der Waals surface area contributed by atoms with Gasteiger partial charge in [-0.15, -0.1) is 0 Å². The lowest BCUT2D eigenvalue weighted by molar-refractivity contribution is 0.0644. The van der Waals surface area contributed by atoms with Crippen molar-refractivity contribution in [2.24, 2.45) is 5.73 Å². The predicted octanol–water partition coefficient (Wildman–Crippen LogP) is -1.25. The lowest BCUT2D eigenvalue weighted by Gasteiger charge is -2.35. The molecule has 1 fully saturated rings. The van der Waals surface area contributed by atoms with Crippen LogP contribution in [0.15, 0.2) is 23.1 Å². The number of piperazine rings is 1. The first-order valence-electron chi connectivity index (χ1n) is 5.63. The van der Waals surface area contributed by atoms with E-state index in [1.807, 2.05) is 0 Å². The van der Waals surface area contributed by atoms with Crippen molar-refractivity contribution in [1.82, 2.24) is 15.2 Å². The SMILES string of the molecule is NCC1CNCCN1C(=O)c1ccc(=O)[nH]c1. The van der Waals surface area contributed by atoms with Gasteiger partial charge < -0.3 is 20.9 Å². The molecule has 4 N–H and O–H groups in total. The molecule has 17 heavy (non-hydrogen) atoms. The van der Waals surface area contributed by atoms with E-state index in [1.165, 1.54) is 18.3 Å². The molecule has 1 aliphatic heterocycles. The Hall–Kier alpha value is -1.66. The fraction of sp³-hybridized carbons (Fsp3) is 0.455. The highest BCUT2D eigenvalue weighted by Crippen LogP contribution is 2.08. The van der Waals surface area contributed by atoms with Gasteiger partial charge in [-0.2, -0.15) is 0 Å². The first kappa shape index (κ1) is 11.8. The Labute approximate surface area is 98.8 Å². The van der Waals surface area contributed by atoms with Crippen molar-refractivity contribution in [1.29, 1.82) is 0 Å². The standard InChI is InChI=1S/C11H16N4O2/c12-5-9-7-13-3-4-15(9)11(17)8-1-2-10(16)14-6-8/h1-2,6,9,13H,3-5,7,12H2,(H,14,16). The molecule has 6 heteroatoms. The van der Waals surface area contributed by atoms with Crippen LogP contribution in [-0.2, 0) is 0 Å². The van der Waals surface area contributed by atoms with Crippen LogP contribution in [0, 0.1) is 0 Å². The summed E-state index contributed by atoms with van der Waals surface area (Å²) in [7, 11) is 0. The molecule has 0 aromatic carbocycles. The smallest absolute Gasteiger partial charge is 0.255 e. The summed E-state index contributed by atoms with van der Waals surface area (Å²) < 4.78 is 0. The molecule has 1 amide bonds. The number of aromatic amines is 1. The molecule has 2 heterocycles. The maximum atomic E-state index is 12.2. The number of hydrogen-bond acceptors (Lipinski definition) is 4. The van der Waals surface area contributed by atoms with Crippen molar-refractivity contribution >= 4 is 5.91 Å². The number of hydrogen-bond donors (Lipinski definition) is 3. The highest BCUT2D eigenvalue weighted by atomic mass is 16.2. The van der Waals surface area contributed by atoms with E-state index in [0.29, 0.717) is 25.2 Å². The largest absolute Gasteiger partial charge is 0.332 e. The average molecular weight is 236 g/mol. The van der Waals surface area contributed by atoms with Gasteiger partial charge in [-0.1, -0.05) is 0 Å². The molecule has 0 saturated carbocycles. The number of H-pyrrole nitrogens is 1. The highest BCUT2D eigenvalue weighted by Gasteiger charge is 2.26. The minimum atomic E-state index is -0.211. The molecule has 1 aliphatic rings. The van der Waals surface area contributed by atoms with Crippen LogP contribution in [0.5, 0.6) is 0 Å². The van der Waals surface area contributed by atoms with Gasteiger partial charge in [-0.3, -0.25) is 9.59 Å². The van der Waals surface area contributed by atoms with Gasteiger partial charge in [-0.05, 0) is 6.07 Å².